The van der Waals surface area contributed by atoms with Gasteiger partial charge in [-0.15, -0.1) is 0 Å². The number of hydrogen-bond acceptors (Lipinski definition) is 2. The summed E-state index contributed by atoms with van der Waals surface area (Å²) in [4.78, 5) is 11.9. The normalized spacial score (nSPS) is 11.3. The van der Waals surface area contributed by atoms with Crippen molar-refractivity contribution in [2.75, 3.05) is 0 Å². The van der Waals surface area contributed by atoms with Crippen molar-refractivity contribution in [3.8, 4) is 0 Å². The highest BCUT2D eigenvalue weighted by Crippen LogP contribution is 2.11. The first-order valence-corrected chi connectivity index (χ1v) is 7.72. The van der Waals surface area contributed by atoms with Crippen molar-refractivity contribution < 1.29 is 4.79 Å². The Morgan fingerprint density at radius 1 is 1.09 bits per heavy atom. The molecule has 114 valence electrons. The number of halogens is 1. The Balaban J connectivity index is 1.91. The largest absolute Gasteiger partial charge is 0.273 e. The Labute approximate surface area is 136 Å². The van der Waals surface area contributed by atoms with Crippen molar-refractivity contribution in [1.29, 1.82) is 0 Å². The van der Waals surface area contributed by atoms with Gasteiger partial charge in [0.05, 0.1) is 5.71 Å². The first kappa shape index (κ1) is 16.2. The minimum atomic E-state index is -0.0798. The maximum absolute atomic E-state index is 11.9. The van der Waals surface area contributed by atoms with E-state index in [1.165, 1.54) is 0 Å². The summed E-state index contributed by atoms with van der Waals surface area (Å²) < 4.78 is 0. The van der Waals surface area contributed by atoms with Crippen LogP contribution in [-0.2, 0) is 11.2 Å². The number of amides is 1. The van der Waals surface area contributed by atoms with Crippen molar-refractivity contribution in [2.24, 2.45) is 5.10 Å². The molecular formula is C18H19ClN2O. The fourth-order valence-electron chi connectivity index (χ4n) is 2.08. The summed E-state index contributed by atoms with van der Waals surface area (Å²) in [5, 5.41) is 4.91. The summed E-state index contributed by atoms with van der Waals surface area (Å²) in [6.45, 7) is 2.00. The van der Waals surface area contributed by atoms with Crippen LogP contribution in [0.15, 0.2) is 59.7 Å². The quantitative estimate of drug-likeness (QED) is 0.630. The molecule has 0 aliphatic rings. The lowest BCUT2D eigenvalue weighted by Gasteiger charge is -2.06. The number of carbonyl (C=O) groups excluding carboxylic acids is 1. The lowest BCUT2D eigenvalue weighted by molar-refractivity contribution is -0.121. The maximum atomic E-state index is 11.9. The molecule has 22 heavy (non-hydrogen) atoms. The second-order valence-electron chi connectivity index (χ2n) is 4.94. The zero-order valence-corrected chi connectivity index (χ0v) is 13.3. The van der Waals surface area contributed by atoms with Crippen LogP contribution in [0.3, 0.4) is 0 Å². The van der Waals surface area contributed by atoms with Gasteiger partial charge in [-0.3, -0.25) is 4.79 Å². The van der Waals surface area contributed by atoms with E-state index in [1.54, 1.807) is 0 Å². The first-order valence-electron chi connectivity index (χ1n) is 7.34. The van der Waals surface area contributed by atoms with Crippen LogP contribution in [0, 0.1) is 0 Å². The molecule has 0 atom stereocenters. The third-order valence-corrected chi connectivity index (χ3v) is 3.56. The molecular weight excluding hydrogens is 296 g/mol. The van der Waals surface area contributed by atoms with Crippen LogP contribution >= 0.6 is 11.6 Å². The van der Waals surface area contributed by atoms with E-state index < -0.39 is 0 Å². The van der Waals surface area contributed by atoms with Gasteiger partial charge < -0.3 is 0 Å². The summed E-state index contributed by atoms with van der Waals surface area (Å²) in [6, 6.07) is 17.4. The molecule has 2 rings (SSSR count). The van der Waals surface area contributed by atoms with Gasteiger partial charge in [-0.1, -0.05) is 61.0 Å². The standard InChI is InChI=1S/C18H19ClN2O/c1-2-17(15-9-11-16(19)12-10-15)20-21-18(22)13-8-14-6-4-3-5-7-14/h3-7,9-12H,2,8,13H2,1H3,(H,21,22)/b20-17+. The van der Waals surface area contributed by atoms with Gasteiger partial charge in [0, 0.05) is 11.4 Å². The van der Waals surface area contributed by atoms with Gasteiger partial charge in [-0.05, 0) is 36.1 Å². The summed E-state index contributed by atoms with van der Waals surface area (Å²) in [5.41, 5.74) is 5.59. The van der Waals surface area contributed by atoms with E-state index in [-0.39, 0.29) is 5.91 Å². The van der Waals surface area contributed by atoms with Gasteiger partial charge in [0.15, 0.2) is 0 Å². The summed E-state index contributed by atoms with van der Waals surface area (Å²) in [6.07, 6.45) is 1.87. The molecule has 0 spiro atoms. The van der Waals surface area contributed by atoms with Crippen molar-refractivity contribution >= 4 is 23.2 Å². The Kier molecular flexibility index (Phi) is 6.16. The molecule has 0 saturated heterocycles. The van der Waals surface area contributed by atoms with Gasteiger partial charge in [-0.25, -0.2) is 5.43 Å². The van der Waals surface area contributed by atoms with Crippen molar-refractivity contribution in [3.63, 3.8) is 0 Å². The Hall–Kier alpha value is -2.13. The molecule has 2 aromatic carbocycles. The van der Waals surface area contributed by atoms with Crippen LogP contribution in [0.4, 0.5) is 0 Å². The predicted molar refractivity (Wildman–Crippen MR) is 91.2 cm³/mol. The van der Waals surface area contributed by atoms with E-state index >= 15 is 0 Å². The van der Waals surface area contributed by atoms with E-state index in [0.29, 0.717) is 17.9 Å². The molecule has 0 fully saturated rings. The molecule has 1 amide bonds. The topological polar surface area (TPSA) is 41.5 Å². The van der Waals surface area contributed by atoms with E-state index in [9.17, 15) is 4.79 Å². The van der Waals surface area contributed by atoms with Gasteiger partial charge >= 0.3 is 0 Å². The number of nitrogens with one attached hydrogen (secondary N) is 1. The monoisotopic (exact) mass is 314 g/mol. The van der Waals surface area contributed by atoms with Crippen LogP contribution in [-0.4, -0.2) is 11.6 Å². The van der Waals surface area contributed by atoms with Gasteiger partial charge in [-0.2, -0.15) is 5.10 Å². The summed E-state index contributed by atoms with van der Waals surface area (Å²) in [5.74, 6) is -0.0798. The predicted octanol–water partition coefficient (Wildman–Crippen LogP) is 4.20. The minimum absolute atomic E-state index is 0.0798. The number of aryl methyl sites for hydroxylation is 1. The van der Waals surface area contributed by atoms with E-state index in [2.05, 4.69) is 10.5 Å². The Bertz CT molecular complexity index is 636. The number of hydrogen-bond donors (Lipinski definition) is 1. The Morgan fingerprint density at radius 2 is 1.77 bits per heavy atom. The summed E-state index contributed by atoms with van der Waals surface area (Å²) >= 11 is 5.88. The van der Waals surface area contributed by atoms with E-state index in [1.807, 2.05) is 61.5 Å². The highest BCUT2D eigenvalue weighted by molar-refractivity contribution is 6.30. The lowest BCUT2D eigenvalue weighted by Crippen LogP contribution is -2.20. The SMILES string of the molecule is CC/C(=N\NC(=O)CCc1ccccc1)c1ccc(Cl)cc1. The van der Waals surface area contributed by atoms with Crippen molar-refractivity contribution in [2.45, 2.75) is 26.2 Å². The molecule has 0 aliphatic heterocycles. The fraction of sp³-hybridized carbons (Fsp3) is 0.222. The number of carbonyl (C=O) groups is 1. The average molecular weight is 315 g/mol. The van der Waals surface area contributed by atoms with E-state index in [0.717, 1.165) is 23.3 Å². The van der Waals surface area contributed by atoms with Crippen LogP contribution in [0.25, 0.3) is 0 Å². The molecule has 0 saturated carbocycles. The molecule has 0 aromatic heterocycles. The highest BCUT2D eigenvalue weighted by Gasteiger charge is 2.04. The molecule has 0 bridgehead atoms. The van der Waals surface area contributed by atoms with Crippen LogP contribution < -0.4 is 5.43 Å². The lowest BCUT2D eigenvalue weighted by atomic mass is 10.1. The third kappa shape index (κ3) is 5.01. The second kappa shape index (κ2) is 8.35. The molecule has 0 heterocycles. The minimum Gasteiger partial charge on any atom is -0.273 e. The number of hydrazone groups is 1. The maximum Gasteiger partial charge on any atom is 0.240 e. The van der Waals surface area contributed by atoms with Crippen LogP contribution in [0.5, 0.6) is 0 Å². The zero-order valence-electron chi connectivity index (χ0n) is 12.6. The molecule has 4 heteroatoms. The van der Waals surface area contributed by atoms with E-state index in [4.69, 9.17) is 11.6 Å². The second-order valence-corrected chi connectivity index (χ2v) is 5.38. The van der Waals surface area contributed by atoms with Gasteiger partial charge in [0.2, 0.25) is 5.91 Å². The number of nitrogens with zero attached hydrogens (tertiary/aromatic N) is 1. The molecule has 1 N–H and O–H groups in total. The van der Waals surface area contributed by atoms with Crippen molar-refractivity contribution in [1.82, 2.24) is 5.43 Å². The smallest absolute Gasteiger partial charge is 0.240 e. The zero-order chi connectivity index (χ0) is 15.8. The molecule has 3 nitrogen and oxygen atoms in total. The fourth-order valence-corrected chi connectivity index (χ4v) is 2.20. The van der Waals surface area contributed by atoms with Crippen LogP contribution in [0.1, 0.15) is 30.9 Å². The van der Waals surface area contributed by atoms with Crippen molar-refractivity contribution in [3.05, 3.63) is 70.7 Å². The number of rotatable bonds is 6. The number of benzene rings is 2. The molecule has 2 aromatic rings. The Morgan fingerprint density at radius 3 is 2.41 bits per heavy atom. The first-order chi connectivity index (χ1) is 10.7. The third-order valence-electron chi connectivity index (χ3n) is 3.31. The average Bonchev–Trinajstić information content (AvgIpc) is 2.56. The van der Waals surface area contributed by atoms with Gasteiger partial charge in [0.25, 0.3) is 0 Å². The molecule has 0 radical (unpaired) electrons. The van der Waals surface area contributed by atoms with Gasteiger partial charge in [0.1, 0.15) is 0 Å². The molecule has 0 aliphatic carbocycles. The summed E-state index contributed by atoms with van der Waals surface area (Å²) in [7, 11) is 0. The highest BCUT2D eigenvalue weighted by atomic mass is 35.5. The van der Waals surface area contributed by atoms with Crippen LogP contribution in [0.2, 0.25) is 5.02 Å². The molecule has 0 unspecified atom stereocenters.